The molecule has 5 rings (SSSR count). The van der Waals surface area contributed by atoms with Crippen molar-refractivity contribution in [1.82, 2.24) is 15.0 Å². The Hall–Kier alpha value is -3.59. The van der Waals surface area contributed by atoms with Crippen LogP contribution >= 0.6 is 11.6 Å². The molecule has 32 heavy (non-hydrogen) atoms. The zero-order valence-electron chi connectivity index (χ0n) is 16.9. The second-order valence-electron chi connectivity index (χ2n) is 8.09. The van der Waals surface area contributed by atoms with E-state index in [9.17, 15) is 9.59 Å². The summed E-state index contributed by atoms with van der Waals surface area (Å²) in [6.45, 7) is -0.189. The second kappa shape index (κ2) is 7.83. The normalized spacial score (nSPS) is 23.5. The summed E-state index contributed by atoms with van der Waals surface area (Å²) in [6, 6.07) is 6.94. The Balaban J connectivity index is 1.45. The number of carbonyl (C=O) groups excluding carboxylic acids is 2. The van der Waals surface area contributed by atoms with Crippen LogP contribution < -0.4 is 21.5 Å². The number of aromatic amines is 1. The minimum Gasteiger partial charge on any atom is -0.484 e. The van der Waals surface area contributed by atoms with Crippen LogP contribution in [0.5, 0.6) is 5.75 Å². The summed E-state index contributed by atoms with van der Waals surface area (Å²) >= 11 is 6.49. The molecule has 9 nitrogen and oxygen atoms in total. The van der Waals surface area contributed by atoms with Gasteiger partial charge >= 0.3 is 0 Å². The lowest BCUT2D eigenvalue weighted by atomic mass is 9.88. The van der Waals surface area contributed by atoms with Crippen molar-refractivity contribution in [3.63, 3.8) is 0 Å². The fraction of sp³-hybridized carbons (Fsp3) is 0.273. The number of amides is 2. The highest BCUT2D eigenvalue weighted by Crippen LogP contribution is 2.46. The zero-order chi connectivity index (χ0) is 22.4. The van der Waals surface area contributed by atoms with Crippen LogP contribution in [-0.2, 0) is 9.59 Å². The lowest BCUT2D eigenvalue weighted by molar-refractivity contribution is -0.122. The van der Waals surface area contributed by atoms with Gasteiger partial charge in [0.05, 0.1) is 22.8 Å². The molecule has 0 spiro atoms. The van der Waals surface area contributed by atoms with Crippen LogP contribution in [-0.4, -0.2) is 39.4 Å². The van der Waals surface area contributed by atoms with E-state index in [4.69, 9.17) is 27.8 Å². The highest BCUT2D eigenvalue weighted by molar-refractivity contribution is 6.34. The number of primary amides is 2. The van der Waals surface area contributed by atoms with Gasteiger partial charge in [0, 0.05) is 11.6 Å². The van der Waals surface area contributed by atoms with Crippen LogP contribution in [0, 0.1) is 17.8 Å². The summed E-state index contributed by atoms with van der Waals surface area (Å²) < 4.78 is 5.29. The molecule has 3 aromatic rings. The second-order valence-corrected chi connectivity index (χ2v) is 8.50. The van der Waals surface area contributed by atoms with E-state index in [2.05, 4.69) is 32.4 Å². The maximum atomic E-state index is 12.1. The molecular formula is C22H21ClN6O3. The van der Waals surface area contributed by atoms with Crippen molar-refractivity contribution in [2.45, 2.75) is 12.5 Å². The van der Waals surface area contributed by atoms with E-state index in [0.29, 0.717) is 33.4 Å². The van der Waals surface area contributed by atoms with Gasteiger partial charge in [0.15, 0.2) is 12.3 Å². The standard InChI is InChI=1S/C22H21ClN6O3/c23-14-8-26-22-19(18(14)27-17-12-2-1-11(7-12)16(17)20(25)31)28-21(29-22)10-3-5-13(6-4-10)32-9-15(24)30/h1-6,8,11-12,16-17H,7,9H2,(H2,24,30)(H2,25,31)(H2,26,27,28,29)/t11-,12+,16+,17-/m1/s1. The number of hydrogen-bond donors (Lipinski definition) is 4. The summed E-state index contributed by atoms with van der Waals surface area (Å²) in [6.07, 6.45) is 6.65. The third-order valence-electron chi connectivity index (χ3n) is 6.08. The number of anilines is 1. The minimum absolute atomic E-state index is 0.140. The summed E-state index contributed by atoms with van der Waals surface area (Å²) in [5.74, 6) is 0.335. The SMILES string of the molecule is NC(=O)COc1ccc(-c2nc3ncc(Cl)c(N[C@H]4[C@@H](C(N)=O)[C@@H]5C=C[C@H]4C5)c3[nH]2)cc1. The number of nitrogens with zero attached hydrogens (tertiary/aromatic N) is 2. The van der Waals surface area contributed by atoms with Crippen LogP contribution in [0.4, 0.5) is 5.69 Å². The Morgan fingerprint density at radius 2 is 1.94 bits per heavy atom. The molecule has 2 aliphatic rings. The predicted octanol–water partition coefficient (Wildman–Crippen LogP) is 2.23. The van der Waals surface area contributed by atoms with Gasteiger partial charge in [-0.2, -0.15) is 0 Å². The number of H-pyrrole nitrogens is 1. The first-order chi connectivity index (χ1) is 15.4. The van der Waals surface area contributed by atoms with Crippen molar-refractivity contribution in [2.75, 3.05) is 11.9 Å². The van der Waals surface area contributed by atoms with Crippen molar-refractivity contribution < 1.29 is 14.3 Å². The first kappa shape index (κ1) is 20.3. The van der Waals surface area contributed by atoms with E-state index in [1.807, 2.05) is 12.1 Å². The Morgan fingerprint density at radius 1 is 1.19 bits per heavy atom. The van der Waals surface area contributed by atoms with Gasteiger partial charge in [0.25, 0.3) is 5.91 Å². The van der Waals surface area contributed by atoms with Crippen molar-refractivity contribution in [2.24, 2.45) is 29.2 Å². The molecule has 2 bridgehead atoms. The first-order valence-electron chi connectivity index (χ1n) is 10.2. The van der Waals surface area contributed by atoms with Gasteiger partial charge < -0.3 is 26.5 Å². The smallest absolute Gasteiger partial charge is 0.255 e. The lowest BCUT2D eigenvalue weighted by Gasteiger charge is -2.28. The third-order valence-corrected chi connectivity index (χ3v) is 6.37. The third kappa shape index (κ3) is 3.54. The van der Waals surface area contributed by atoms with E-state index in [1.54, 1.807) is 18.3 Å². The average Bonchev–Trinajstić information content (AvgIpc) is 3.49. The van der Waals surface area contributed by atoms with Crippen LogP contribution in [0.2, 0.25) is 5.02 Å². The number of aromatic nitrogens is 3. The van der Waals surface area contributed by atoms with Crippen LogP contribution in [0.1, 0.15) is 6.42 Å². The van der Waals surface area contributed by atoms with E-state index < -0.39 is 5.91 Å². The fourth-order valence-corrected chi connectivity index (χ4v) is 4.85. The van der Waals surface area contributed by atoms with Crippen LogP contribution in [0.3, 0.4) is 0 Å². The van der Waals surface area contributed by atoms with Crippen molar-refractivity contribution in [3.8, 4) is 17.1 Å². The molecule has 2 amide bonds. The Labute approximate surface area is 188 Å². The topological polar surface area (TPSA) is 149 Å². The summed E-state index contributed by atoms with van der Waals surface area (Å²) in [5, 5.41) is 3.89. The Morgan fingerprint density at radius 3 is 2.66 bits per heavy atom. The molecule has 2 heterocycles. The summed E-state index contributed by atoms with van der Waals surface area (Å²) in [5.41, 5.74) is 13.4. The predicted molar refractivity (Wildman–Crippen MR) is 120 cm³/mol. The minimum atomic E-state index is -0.543. The number of hydrogen-bond acceptors (Lipinski definition) is 6. The van der Waals surface area contributed by atoms with Gasteiger partial charge in [-0.3, -0.25) is 9.59 Å². The molecule has 1 saturated carbocycles. The molecule has 1 fully saturated rings. The van der Waals surface area contributed by atoms with Crippen molar-refractivity contribution in [1.29, 1.82) is 0 Å². The molecule has 2 aromatic heterocycles. The molecule has 164 valence electrons. The Bertz CT molecular complexity index is 1240. The molecule has 2 aliphatic carbocycles. The maximum absolute atomic E-state index is 12.1. The molecule has 0 radical (unpaired) electrons. The van der Waals surface area contributed by atoms with Gasteiger partial charge in [-0.25, -0.2) is 9.97 Å². The molecule has 10 heteroatoms. The number of carbonyl (C=O) groups is 2. The molecule has 0 unspecified atom stereocenters. The number of fused-ring (bicyclic) bond motifs is 3. The monoisotopic (exact) mass is 452 g/mol. The maximum Gasteiger partial charge on any atom is 0.255 e. The van der Waals surface area contributed by atoms with E-state index in [-0.39, 0.29) is 36.3 Å². The van der Waals surface area contributed by atoms with Gasteiger partial charge in [-0.05, 0) is 42.5 Å². The van der Waals surface area contributed by atoms with Crippen LogP contribution in [0.15, 0.2) is 42.6 Å². The largest absolute Gasteiger partial charge is 0.484 e. The van der Waals surface area contributed by atoms with E-state index >= 15 is 0 Å². The Kier molecular flexibility index (Phi) is 4.97. The van der Waals surface area contributed by atoms with Crippen LogP contribution in [0.25, 0.3) is 22.6 Å². The van der Waals surface area contributed by atoms with E-state index in [1.165, 1.54) is 0 Å². The fourth-order valence-electron chi connectivity index (χ4n) is 4.65. The average molecular weight is 453 g/mol. The lowest BCUT2D eigenvalue weighted by Crippen LogP contribution is -2.41. The number of nitrogens with one attached hydrogen (secondary N) is 2. The molecule has 0 aliphatic heterocycles. The van der Waals surface area contributed by atoms with Crippen molar-refractivity contribution in [3.05, 3.63) is 47.6 Å². The number of rotatable bonds is 7. The molecule has 6 N–H and O–H groups in total. The number of imidazole rings is 1. The number of allylic oxidation sites excluding steroid dienone is 1. The van der Waals surface area contributed by atoms with Gasteiger partial charge in [0.1, 0.15) is 17.1 Å². The molecule has 0 saturated heterocycles. The first-order valence-corrected chi connectivity index (χ1v) is 10.6. The van der Waals surface area contributed by atoms with Crippen molar-refractivity contribution >= 4 is 40.3 Å². The highest BCUT2D eigenvalue weighted by atomic mass is 35.5. The zero-order valence-corrected chi connectivity index (χ0v) is 17.7. The van der Waals surface area contributed by atoms with Gasteiger partial charge in [-0.1, -0.05) is 23.8 Å². The number of halogens is 1. The molecule has 1 aromatic carbocycles. The molecular weight excluding hydrogens is 432 g/mol. The number of pyridine rings is 1. The molecule has 4 atom stereocenters. The van der Waals surface area contributed by atoms with Gasteiger partial charge in [-0.15, -0.1) is 0 Å². The summed E-state index contributed by atoms with van der Waals surface area (Å²) in [4.78, 5) is 35.2. The number of nitrogens with two attached hydrogens (primary N) is 2. The van der Waals surface area contributed by atoms with E-state index in [0.717, 1.165) is 12.0 Å². The highest BCUT2D eigenvalue weighted by Gasteiger charge is 2.47. The van der Waals surface area contributed by atoms with Gasteiger partial charge in [0.2, 0.25) is 5.91 Å². The summed E-state index contributed by atoms with van der Waals surface area (Å²) in [7, 11) is 0. The quantitative estimate of drug-likeness (QED) is 0.404. The number of ether oxygens (including phenoxy) is 1. The number of benzene rings is 1.